The average Bonchev–Trinajstić information content (AvgIpc) is 1.73. The van der Waals surface area contributed by atoms with Crippen LogP contribution in [-0.2, 0) is 0 Å². The molecule has 0 atom stereocenters. The molecule has 12 aromatic heterocycles. The quantitative estimate of drug-likeness (QED) is 0.130. The molecule has 0 fully saturated rings. The van der Waals surface area contributed by atoms with Crippen LogP contribution in [0.1, 0.15) is 0 Å². The van der Waals surface area contributed by atoms with Crippen molar-refractivity contribution in [2.24, 2.45) is 0 Å². The van der Waals surface area contributed by atoms with E-state index >= 15 is 0 Å². The van der Waals surface area contributed by atoms with Gasteiger partial charge >= 0.3 is 0 Å². The van der Waals surface area contributed by atoms with E-state index in [4.69, 9.17) is 61.8 Å². The highest BCUT2D eigenvalue weighted by Gasteiger charge is 2.32. The van der Waals surface area contributed by atoms with Gasteiger partial charge in [-0.05, 0) is 152 Å². The monoisotopic (exact) mass is 1520 g/mol. The number of anilines is 9. The molecular formula is C90H51N15O7S2. The number of para-hydroxylation sites is 12. The van der Waals surface area contributed by atoms with Crippen LogP contribution in [0.25, 0.3) is 132 Å². The fourth-order valence-corrected chi connectivity index (χ4v) is 16.2. The summed E-state index contributed by atoms with van der Waals surface area (Å²) in [6.07, 6.45) is 20.8. The van der Waals surface area contributed by atoms with E-state index in [9.17, 15) is 0 Å². The maximum Gasteiger partial charge on any atom is 0.227 e. The van der Waals surface area contributed by atoms with Crippen LogP contribution >= 0.6 is 22.7 Å². The van der Waals surface area contributed by atoms with E-state index in [1.807, 2.05) is 207 Å². The van der Waals surface area contributed by atoms with Crippen molar-refractivity contribution in [2.45, 2.75) is 0 Å². The van der Waals surface area contributed by atoms with Gasteiger partial charge in [0.05, 0.1) is 79.3 Å². The molecule has 0 saturated carbocycles. The summed E-state index contributed by atoms with van der Waals surface area (Å²) >= 11 is 3.28. The molecule has 22 nitrogen and oxygen atoms in total. The first-order valence-corrected chi connectivity index (χ1v) is 37.7. The van der Waals surface area contributed by atoms with Crippen LogP contribution < -0.4 is 28.9 Å². The maximum atomic E-state index is 6.26. The maximum absolute atomic E-state index is 6.26. The summed E-state index contributed by atoms with van der Waals surface area (Å²) in [5.41, 5.74) is 20.8. The topological polar surface area (TPSA) is 245 Å². The second-order valence-corrected chi connectivity index (χ2v) is 28.7. The first kappa shape index (κ1) is 65.4. The van der Waals surface area contributed by atoms with Crippen molar-refractivity contribution in [3.63, 3.8) is 0 Å². The predicted molar refractivity (Wildman–Crippen MR) is 440 cm³/mol. The zero-order chi connectivity index (χ0) is 75.2. The number of nitrogens with zero attached hydrogens (tertiary/aromatic N) is 15. The third kappa shape index (κ3) is 11.8. The summed E-state index contributed by atoms with van der Waals surface area (Å²) in [7, 11) is 0. The number of fused-ring (bicyclic) bond motifs is 12. The molecule has 3 aliphatic rings. The Kier molecular flexibility index (Phi) is 15.6. The zero-order valence-corrected chi connectivity index (χ0v) is 61.0. The molecule has 0 radical (unpaired) electrons. The first-order chi connectivity index (χ1) is 56.4. The van der Waals surface area contributed by atoms with Crippen molar-refractivity contribution in [3.05, 3.63) is 311 Å². The fourth-order valence-electron chi connectivity index (χ4n) is 14.3. The highest BCUT2D eigenvalue weighted by Crippen LogP contribution is 2.55. The smallest absolute Gasteiger partial charge is 0.227 e. The minimum absolute atomic E-state index is 0.476. The summed E-state index contributed by atoms with van der Waals surface area (Å²) < 4.78 is 45.3. The number of hydrogen-bond donors (Lipinski definition) is 0. The minimum atomic E-state index is 0.476. The number of hydrogen-bond acceptors (Lipinski definition) is 24. The molecule has 9 aromatic carbocycles. The Morgan fingerprint density at radius 1 is 0.228 bits per heavy atom. The SMILES string of the molecule is c1ccc2c(c1)Oc1ccccc1N2c1cc(-c2nc3ccncc3o2)cc(-c2nc3ccncc3o2)c1.c1ccc2c(c1)Oc1ccccc1N2c1cc(-c2nc3ccncc3s2)cc(-c2nc3ccncc3s2)c1.c1ccc2c(c1)Oc1ccccc1N2c1cc(-c2nc3cnccc3o2)cc(-c2nc3cnccc3o2)c1. The van der Waals surface area contributed by atoms with E-state index in [2.05, 4.69) is 74.9 Å². The Hall–Kier alpha value is -15.7. The molecular weight excluding hydrogens is 1470 g/mol. The van der Waals surface area contributed by atoms with Crippen molar-refractivity contribution in [3.8, 4) is 101 Å². The fraction of sp³-hybridized carbons (Fsp3) is 0. The number of pyridine rings is 6. The van der Waals surface area contributed by atoms with Crippen LogP contribution in [0, 0.1) is 0 Å². The van der Waals surface area contributed by atoms with Crippen molar-refractivity contribution in [2.75, 3.05) is 14.7 Å². The number of aromatic nitrogens is 12. The molecule has 0 unspecified atom stereocenters. The van der Waals surface area contributed by atoms with Gasteiger partial charge in [0.15, 0.2) is 56.8 Å². The Morgan fingerprint density at radius 2 is 0.500 bits per heavy atom. The second kappa shape index (κ2) is 27.2. The molecule has 0 saturated heterocycles. The van der Waals surface area contributed by atoms with E-state index in [0.29, 0.717) is 56.9 Å². The molecule has 0 bridgehead atoms. The van der Waals surface area contributed by atoms with Crippen molar-refractivity contribution in [1.82, 2.24) is 59.8 Å². The normalized spacial score (nSPS) is 12.4. The predicted octanol–water partition coefficient (Wildman–Crippen LogP) is 23.9. The standard InChI is InChI=1S/2C30H17N5O3.C30H17N5OS2/c1-3-7-27-23(5-1)35(24-6-2-4-8-28(24)36-27)20-14-18(29-33-21-16-31-11-9-25(21)37-29)13-19(15-20)30-34-22-17-32-12-10-26(22)38-30;2*1-3-7-25-23(5-1)35(24-6-2-4-8-26(24)36-25)20-14-18(29-33-21-9-11-31-16-27(21)37-29)13-19(15-20)30-34-22-10-12-32-17-28(22)38-30/h3*1-17H. The van der Waals surface area contributed by atoms with Crippen molar-refractivity contribution >= 4 is 139 Å². The third-order valence-electron chi connectivity index (χ3n) is 19.5. The van der Waals surface area contributed by atoms with Crippen LogP contribution in [-0.4, -0.2) is 59.8 Å². The highest BCUT2D eigenvalue weighted by atomic mass is 32.1. The van der Waals surface area contributed by atoms with Crippen LogP contribution in [0.2, 0.25) is 0 Å². The second-order valence-electron chi connectivity index (χ2n) is 26.6. The summed E-state index contributed by atoms with van der Waals surface area (Å²) in [5.74, 6) is 6.58. The molecule has 0 spiro atoms. The molecule has 24 rings (SSSR count). The molecule has 24 heteroatoms. The zero-order valence-electron chi connectivity index (χ0n) is 59.3. The number of benzene rings is 9. The van der Waals surface area contributed by atoms with E-state index in [0.717, 1.165) is 161 Å². The highest BCUT2D eigenvalue weighted by molar-refractivity contribution is 7.22. The number of ether oxygens (including phenoxy) is 3. The van der Waals surface area contributed by atoms with Crippen molar-refractivity contribution in [1.29, 1.82) is 0 Å². The molecule has 21 aromatic rings. The summed E-state index contributed by atoms with van der Waals surface area (Å²) in [4.78, 5) is 60.6. The summed E-state index contributed by atoms with van der Waals surface area (Å²) in [6.45, 7) is 0. The van der Waals surface area contributed by atoms with E-state index in [-0.39, 0.29) is 0 Å². The van der Waals surface area contributed by atoms with Gasteiger partial charge in [0.25, 0.3) is 0 Å². The Morgan fingerprint density at radius 3 is 0.825 bits per heavy atom. The lowest BCUT2D eigenvalue weighted by Gasteiger charge is -2.33. The molecule has 0 aliphatic carbocycles. The number of rotatable bonds is 9. The third-order valence-corrected chi connectivity index (χ3v) is 21.6. The van der Waals surface area contributed by atoms with Crippen LogP contribution in [0.15, 0.2) is 329 Å². The molecule has 3 aliphatic heterocycles. The Labute approximate surface area is 653 Å². The molecule has 114 heavy (non-hydrogen) atoms. The lowest BCUT2D eigenvalue weighted by atomic mass is 10.1. The summed E-state index contributed by atoms with van der Waals surface area (Å²) in [5, 5.41) is 1.88. The van der Waals surface area contributed by atoms with Crippen molar-refractivity contribution < 1.29 is 31.9 Å². The summed E-state index contributed by atoms with van der Waals surface area (Å²) in [6, 6.07) is 78.0. The van der Waals surface area contributed by atoms with Crippen LogP contribution in [0.3, 0.4) is 0 Å². The molecule has 540 valence electrons. The van der Waals surface area contributed by atoms with Gasteiger partial charge in [-0.2, -0.15) is 0 Å². The number of oxazole rings is 4. The minimum Gasteiger partial charge on any atom is -0.453 e. The molecule has 0 amide bonds. The van der Waals surface area contributed by atoms with Gasteiger partial charge in [-0.25, -0.2) is 29.9 Å². The van der Waals surface area contributed by atoms with Crippen LogP contribution in [0.5, 0.6) is 34.5 Å². The van der Waals surface area contributed by atoms with Gasteiger partial charge < -0.3 is 46.6 Å². The first-order valence-electron chi connectivity index (χ1n) is 36.1. The Balaban J connectivity index is 0.000000104. The van der Waals surface area contributed by atoms with Gasteiger partial charge in [-0.15, -0.1) is 22.7 Å². The van der Waals surface area contributed by atoms with Gasteiger partial charge in [-0.3, -0.25) is 29.9 Å². The van der Waals surface area contributed by atoms with Gasteiger partial charge in [0, 0.05) is 112 Å². The largest absolute Gasteiger partial charge is 0.453 e. The van der Waals surface area contributed by atoms with E-state index in [1.54, 1.807) is 96.8 Å². The van der Waals surface area contributed by atoms with Gasteiger partial charge in [0.1, 0.15) is 32.1 Å². The Bertz CT molecular complexity index is 6060. The van der Waals surface area contributed by atoms with E-state index < -0.39 is 0 Å². The molecule has 0 N–H and O–H groups in total. The van der Waals surface area contributed by atoms with E-state index in [1.165, 1.54) is 0 Å². The van der Waals surface area contributed by atoms with Crippen LogP contribution in [0.4, 0.5) is 51.2 Å². The van der Waals surface area contributed by atoms with Gasteiger partial charge in [0.2, 0.25) is 23.6 Å². The average molecular weight is 1520 g/mol. The van der Waals surface area contributed by atoms with Gasteiger partial charge in [-0.1, -0.05) is 72.8 Å². The lowest BCUT2D eigenvalue weighted by molar-refractivity contribution is 0.477. The number of thiazole rings is 2. The molecule has 15 heterocycles. The lowest BCUT2D eigenvalue weighted by Crippen LogP contribution is -2.15.